The SMILES string of the molecule is Fc1ccc(-c2ccc(Cl)c(Cl)c2Cl)c(CCl)c1. The second-order valence-electron chi connectivity index (χ2n) is 3.66. The molecule has 2 aromatic carbocycles. The lowest BCUT2D eigenvalue weighted by atomic mass is 10.0. The maximum atomic E-state index is 13.2. The van der Waals surface area contributed by atoms with Gasteiger partial charge in [0.25, 0.3) is 0 Å². The van der Waals surface area contributed by atoms with E-state index in [4.69, 9.17) is 46.4 Å². The van der Waals surface area contributed by atoms with E-state index >= 15 is 0 Å². The largest absolute Gasteiger partial charge is 0.207 e. The van der Waals surface area contributed by atoms with Gasteiger partial charge in [-0.25, -0.2) is 4.39 Å². The van der Waals surface area contributed by atoms with Crippen LogP contribution in [0.4, 0.5) is 4.39 Å². The lowest BCUT2D eigenvalue weighted by Crippen LogP contribution is -1.90. The number of rotatable bonds is 2. The molecule has 94 valence electrons. The molecule has 0 saturated carbocycles. The fraction of sp³-hybridized carbons (Fsp3) is 0.0769. The predicted molar refractivity (Wildman–Crippen MR) is 76.4 cm³/mol. The second kappa shape index (κ2) is 5.66. The second-order valence-corrected chi connectivity index (χ2v) is 5.09. The lowest BCUT2D eigenvalue weighted by molar-refractivity contribution is 0.626. The monoisotopic (exact) mass is 322 g/mol. The van der Waals surface area contributed by atoms with Crippen molar-refractivity contribution in [3.05, 3.63) is 56.8 Å². The molecule has 18 heavy (non-hydrogen) atoms. The molecule has 0 spiro atoms. The Hall–Kier alpha value is -0.470. The predicted octanol–water partition coefficient (Wildman–Crippen LogP) is 6.19. The van der Waals surface area contributed by atoms with Gasteiger partial charge in [-0.3, -0.25) is 0 Å². The third kappa shape index (κ3) is 2.60. The molecule has 0 unspecified atom stereocenters. The van der Waals surface area contributed by atoms with Gasteiger partial charge < -0.3 is 0 Å². The summed E-state index contributed by atoms with van der Waals surface area (Å²) in [5.74, 6) is -0.158. The summed E-state index contributed by atoms with van der Waals surface area (Å²) in [6, 6.07) is 7.73. The minimum absolute atomic E-state index is 0.184. The molecule has 0 fully saturated rings. The van der Waals surface area contributed by atoms with E-state index in [2.05, 4.69) is 0 Å². The molecule has 0 atom stereocenters. The first-order valence-electron chi connectivity index (χ1n) is 5.03. The van der Waals surface area contributed by atoms with Gasteiger partial charge in [0.1, 0.15) is 5.82 Å². The maximum absolute atomic E-state index is 13.2. The van der Waals surface area contributed by atoms with E-state index in [0.29, 0.717) is 21.2 Å². The van der Waals surface area contributed by atoms with Gasteiger partial charge in [0, 0.05) is 11.4 Å². The van der Waals surface area contributed by atoms with Crippen LogP contribution >= 0.6 is 46.4 Å². The van der Waals surface area contributed by atoms with Crippen molar-refractivity contribution in [2.75, 3.05) is 0 Å². The summed E-state index contributed by atoms with van der Waals surface area (Å²) in [5.41, 5.74) is 2.08. The van der Waals surface area contributed by atoms with Gasteiger partial charge in [0.15, 0.2) is 0 Å². The van der Waals surface area contributed by atoms with Crippen molar-refractivity contribution in [1.29, 1.82) is 0 Å². The zero-order valence-electron chi connectivity index (χ0n) is 8.98. The van der Waals surface area contributed by atoms with Gasteiger partial charge in [-0.15, -0.1) is 11.6 Å². The van der Waals surface area contributed by atoms with Crippen molar-refractivity contribution in [3.63, 3.8) is 0 Å². The van der Waals surface area contributed by atoms with E-state index in [9.17, 15) is 4.39 Å². The molecule has 2 aromatic rings. The Morgan fingerprint density at radius 3 is 2.22 bits per heavy atom. The van der Waals surface area contributed by atoms with Crippen LogP contribution in [0.25, 0.3) is 11.1 Å². The highest BCUT2D eigenvalue weighted by molar-refractivity contribution is 6.49. The molecule has 0 nitrogen and oxygen atoms in total. The van der Waals surface area contributed by atoms with Gasteiger partial charge in [-0.05, 0) is 29.3 Å². The van der Waals surface area contributed by atoms with E-state index in [1.54, 1.807) is 18.2 Å². The van der Waals surface area contributed by atoms with Crippen LogP contribution in [0, 0.1) is 5.82 Å². The van der Waals surface area contributed by atoms with Crippen LogP contribution in [0.2, 0.25) is 15.1 Å². The highest BCUT2D eigenvalue weighted by Crippen LogP contribution is 2.39. The number of benzene rings is 2. The summed E-state index contributed by atoms with van der Waals surface area (Å²) in [7, 11) is 0. The smallest absolute Gasteiger partial charge is 0.123 e. The summed E-state index contributed by atoms with van der Waals surface area (Å²) in [6.07, 6.45) is 0. The zero-order valence-corrected chi connectivity index (χ0v) is 12.0. The lowest BCUT2D eigenvalue weighted by Gasteiger charge is -2.11. The van der Waals surface area contributed by atoms with Crippen LogP contribution in [0.5, 0.6) is 0 Å². The Kier molecular flexibility index (Phi) is 4.39. The summed E-state index contributed by atoms with van der Waals surface area (Å²) in [5, 5.41) is 0.989. The van der Waals surface area contributed by atoms with Crippen LogP contribution in [0.3, 0.4) is 0 Å². The molecular formula is C13H7Cl4F. The zero-order chi connectivity index (χ0) is 13.3. The quantitative estimate of drug-likeness (QED) is 0.456. The molecule has 0 aliphatic heterocycles. The molecule has 0 amide bonds. The van der Waals surface area contributed by atoms with Gasteiger partial charge in [0.2, 0.25) is 0 Å². The molecular weight excluding hydrogens is 317 g/mol. The Balaban J connectivity index is 2.66. The number of hydrogen-bond acceptors (Lipinski definition) is 0. The van der Waals surface area contributed by atoms with E-state index in [1.807, 2.05) is 0 Å². The van der Waals surface area contributed by atoms with Crippen molar-refractivity contribution in [3.8, 4) is 11.1 Å². The van der Waals surface area contributed by atoms with Crippen molar-refractivity contribution < 1.29 is 4.39 Å². The van der Waals surface area contributed by atoms with E-state index in [-0.39, 0.29) is 16.7 Å². The van der Waals surface area contributed by atoms with Gasteiger partial charge >= 0.3 is 0 Å². The first-order chi connectivity index (χ1) is 8.54. The molecule has 0 N–H and O–H groups in total. The van der Waals surface area contributed by atoms with Crippen molar-refractivity contribution in [2.45, 2.75) is 5.88 Å². The molecule has 0 radical (unpaired) electrons. The molecule has 0 bridgehead atoms. The fourth-order valence-corrected chi connectivity index (χ4v) is 2.53. The normalized spacial score (nSPS) is 10.7. The van der Waals surface area contributed by atoms with E-state index in [1.165, 1.54) is 12.1 Å². The van der Waals surface area contributed by atoms with Crippen LogP contribution in [-0.2, 0) is 5.88 Å². The highest BCUT2D eigenvalue weighted by Gasteiger charge is 2.13. The van der Waals surface area contributed by atoms with Crippen LogP contribution < -0.4 is 0 Å². The molecule has 0 heterocycles. The highest BCUT2D eigenvalue weighted by atomic mass is 35.5. The van der Waals surface area contributed by atoms with Crippen molar-refractivity contribution in [2.24, 2.45) is 0 Å². The number of hydrogen-bond donors (Lipinski definition) is 0. The first kappa shape index (κ1) is 14.0. The summed E-state index contributed by atoms with van der Waals surface area (Å²) in [4.78, 5) is 0. The number of halogens is 5. The van der Waals surface area contributed by atoms with E-state index in [0.717, 1.165) is 5.56 Å². The van der Waals surface area contributed by atoms with Crippen LogP contribution in [-0.4, -0.2) is 0 Å². The van der Waals surface area contributed by atoms with Crippen LogP contribution in [0.15, 0.2) is 30.3 Å². The molecule has 5 heteroatoms. The molecule has 0 aliphatic rings. The summed E-state index contributed by atoms with van der Waals surface area (Å²) < 4.78 is 13.2. The Morgan fingerprint density at radius 2 is 1.56 bits per heavy atom. The summed E-state index contributed by atoms with van der Waals surface area (Å²) >= 11 is 23.8. The molecule has 0 saturated heterocycles. The fourth-order valence-electron chi connectivity index (χ4n) is 1.67. The minimum atomic E-state index is -0.342. The van der Waals surface area contributed by atoms with Gasteiger partial charge in [0.05, 0.1) is 15.1 Å². The summed E-state index contributed by atoms with van der Waals surface area (Å²) in [6.45, 7) is 0. The molecule has 2 rings (SSSR count). The third-order valence-electron chi connectivity index (χ3n) is 2.54. The molecule has 0 aliphatic carbocycles. The first-order valence-corrected chi connectivity index (χ1v) is 6.69. The topological polar surface area (TPSA) is 0 Å². The van der Waals surface area contributed by atoms with Gasteiger partial charge in [-0.2, -0.15) is 0 Å². The Morgan fingerprint density at radius 1 is 0.889 bits per heavy atom. The minimum Gasteiger partial charge on any atom is -0.207 e. The molecule has 0 aromatic heterocycles. The van der Waals surface area contributed by atoms with Crippen LogP contribution in [0.1, 0.15) is 5.56 Å². The number of alkyl halides is 1. The maximum Gasteiger partial charge on any atom is 0.123 e. The average molecular weight is 324 g/mol. The Bertz CT molecular complexity index is 596. The van der Waals surface area contributed by atoms with Crippen molar-refractivity contribution in [1.82, 2.24) is 0 Å². The van der Waals surface area contributed by atoms with Gasteiger partial charge in [-0.1, -0.05) is 46.9 Å². The van der Waals surface area contributed by atoms with E-state index < -0.39 is 0 Å². The average Bonchev–Trinajstić information content (AvgIpc) is 2.37. The standard InChI is InChI=1S/C13H7Cl4F/c14-6-7-5-8(18)1-2-9(7)10-3-4-11(15)13(17)12(10)16/h1-5H,6H2. The third-order valence-corrected chi connectivity index (χ3v) is 4.12. The van der Waals surface area contributed by atoms with Crippen molar-refractivity contribution >= 4 is 46.4 Å². The Labute approximate surface area is 124 Å².